The average Bonchev–Trinajstić information content (AvgIpc) is 1.86. The number of rotatable bonds is 0. The van der Waals surface area contributed by atoms with Gasteiger partial charge in [0.15, 0.2) is 5.83 Å². The molecule has 0 aliphatic carbocycles. The largest absolute Gasteiger partial charge is 0.409 e. The van der Waals surface area contributed by atoms with Crippen molar-refractivity contribution in [2.45, 2.75) is 6.11 Å². The Labute approximate surface area is 43.7 Å². The molecule has 1 rings (SSSR count). The van der Waals surface area contributed by atoms with Crippen LogP contribution < -0.4 is 0 Å². The van der Waals surface area contributed by atoms with Crippen LogP contribution >= 0.6 is 0 Å². The first-order valence-electron chi connectivity index (χ1n) is 2.01. The third-order valence-electron chi connectivity index (χ3n) is 0.805. The van der Waals surface area contributed by atoms with Crippen molar-refractivity contribution in [2.24, 2.45) is 0 Å². The van der Waals surface area contributed by atoms with E-state index in [0.717, 1.165) is 0 Å². The van der Waals surface area contributed by atoms with E-state index in [2.05, 4.69) is 4.74 Å². The second kappa shape index (κ2) is 1.48. The van der Waals surface area contributed by atoms with Gasteiger partial charge < -0.3 is 4.74 Å². The Morgan fingerprint density at radius 1 is 1.62 bits per heavy atom. The zero-order valence-corrected chi connectivity index (χ0v) is 3.83. The molecule has 0 aromatic rings. The van der Waals surface area contributed by atoms with Gasteiger partial charge in [0.05, 0.1) is 6.61 Å². The van der Waals surface area contributed by atoms with Gasteiger partial charge in [0.25, 0.3) is 0 Å². The van der Waals surface area contributed by atoms with E-state index in [1.165, 1.54) is 0 Å². The summed E-state index contributed by atoms with van der Waals surface area (Å²) in [7, 11) is 0. The minimum absolute atomic E-state index is 0.334. The number of halogens is 3. The normalized spacial score (nSPS) is 25.6. The van der Waals surface area contributed by atoms with Crippen molar-refractivity contribution in [3.8, 4) is 0 Å². The Bertz CT molecular complexity index is 129. The van der Waals surface area contributed by atoms with Crippen molar-refractivity contribution in [1.82, 2.24) is 0 Å². The van der Waals surface area contributed by atoms with Crippen molar-refractivity contribution in [2.75, 3.05) is 6.61 Å². The molecule has 1 heterocycles. The molecule has 0 atom stereocenters. The monoisotopic (exact) mass is 124 g/mol. The minimum Gasteiger partial charge on any atom is -0.310 e. The summed E-state index contributed by atoms with van der Waals surface area (Å²) < 4.78 is 38.7. The molecule has 0 radical (unpaired) electrons. The highest BCUT2D eigenvalue weighted by Crippen LogP contribution is 2.30. The fourth-order valence-electron chi connectivity index (χ4n) is 0.407. The highest BCUT2D eigenvalue weighted by atomic mass is 19.3. The molecule has 0 spiro atoms. The molecule has 1 aliphatic heterocycles. The molecule has 0 aromatic heterocycles. The van der Waals surface area contributed by atoms with Gasteiger partial charge in [0, 0.05) is 0 Å². The number of alkyl halides is 2. The molecule has 0 fully saturated rings. The second-order valence-corrected chi connectivity index (χ2v) is 1.38. The van der Waals surface area contributed by atoms with Gasteiger partial charge in [-0.1, -0.05) is 0 Å². The minimum atomic E-state index is -3.65. The van der Waals surface area contributed by atoms with Crippen molar-refractivity contribution in [1.29, 1.82) is 0 Å². The maximum atomic E-state index is 11.7. The molecule has 0 N–H and O–H groups in total. The molecular weight excluding hydrogens is 121 g/mol. The predicted octanol–water partition coefficient (Wildman–Crippen LogP) is 1.46. The van der Waals surface area contributed by atoms with Gasteiger partial charge in [0.1, 0.15) is 0 Å². The lowest BCUT2D eigenvalue weighted by molar-refractivity contribution is -0.198. The molecule has 0 bridgehead atoms. The smallest absolute Gasteiger partial charge is 0.310 e. The summed E-state index contributed by atoms with van der Waals surface area (Å²) >= 11 is 0. The van der Waals surface area contributed by atoms with E-state index in [4.69, 9.17) is 0 Å². The lowest BCUT2D eigenvalue weighted by Gasteiger charge is -2.04. The van der Waals surface area contributed by atoms with E-state index in [-0.39, 0.29) is 6.61 Å². The summed E-state index contributed by atoms with van der Waals surface area (Å²) in [5, 5.41) is 0. The van der Waals surface area contributed by atoms with Gasteiger partial charge >= 0.3 is 6.11 Å². The molecule has 0 aromatic carbocycles. The Kier molecular flexibility index (Phi) is 1.04. The highest BCUT2D eigenvalue weighted by molar-refractivity contribution is 5.04. The summed E-state index contributed by atoms with van der Waals surface area (Å²) in [6.07, 6.45) is -2.94. The Hall–Kier alpha value is -0.510. The molecule has 0 unspecified atom stereocenters. The highest BCUT2D eigenvalue weighted by Gasteiger charge is 2.40. The summed E-state index contributed by atoms with van der Waals surface area (Å²) in [6, 6.07) is 0. The predicted molar refractivity (Wildman–Crippen MR) is 20.1 cm³/mol. The van der Waals surface area contributed by atoms with Crippen molar-refractivity contribution >= 4 is 0 Å². The van der Waals surface area contributed by atoms with Crippen LogP contribution in [-0.2, 0) is 4.74 Å². The fourth-order valence-corrected chi connectivity index (χ4v) is 0.407. The molecule has 46 valence electrons. The van der Waals surface area contributed by atoms with E-state index in [1.54, 1.807) is 0 Å². The van der Waals surface area contributed by atoms with Crippen LogP contribution in [-0.4, -0.2) is 12.7 Å². The van der Waals surface area contributed by atoms with Gasteiger partial charge in [-0.15, -0.1) is 0 Å². The summed E-state index contributed by atoms with van der Waals surface area (Å²) in [4.78, 5) is 0. The number of hydrogen-bond donors (Lipinski definition) is 0. The first-order valence-corrected chi connectivity index (χ1v) is 2.01. The maximum Gasteiger partial charge on any atom is 0.409 e. The third-order valence-corrected chi connectivity index (χ3v) is 0.805. The molecule has 0 amide bonds. The van der Waals surface area contributed by atoms with E-state index in [1.807, 2.05) is 0 Å². The maximum absolute atomic E-state index is 11.7. The topological polar surface area (TPSA) is 9.23 Å². The zero-order chi connectivity index (χ0) is 6.20. The Morgan fingerprint density at radius 3 is 2.38 bits per heavy atom. The van der Waals surface area contributed by atoms with Crippen LogP contribution in [0.4, 0.5) is 13.2 Å². The fraction of sp³-hybridized carbons (Fsp3) is 0.500. The second-order valence-electron chi connectivity index (χ2n) is 1.38. The molecule has 4 heteroatoms. The Balaban J connectivity index is 2.73. The average molecular weight is 124 g/mol. The molecule has 1 nitrogen and oxygen atoms in total. The molecular formula is C4H3F3O. The Morgan fingerprint density at radius 2 is 2.25 bits per heavy atom. The molecule has 1 aliphatic rings. The van der Waals surface area contributed by atoms with Crippen LogP contribution in [0.25, 0.3) is 0 Å². The summed E-state index contributed by atoms with van der Waals surface area (Å²) in [6.45, 7) is -0.334. The first-order chi connectivity index (χ1) is 3.63. The van der Waals surface area contributed by atoms with Crippen molar-refractivity contribution < 1.29 is 17.9 Å². The van der Waals surface area contributed by atoms with Gasteiger partial charge in [-0.3, -0.25) is 0 Å². The van der Waals surface area contributed by atoms with Crippen LogP contribution in [0.1, 0.15) is 0 Å². The zero-order valence-electron chi connectivity index (χ0n) is 3.83. The van der Waals surface area contributed by atoms with E-state index in [9.17, 15) is 13.2 Å². The van der Waals surface area contributed by atoms with Crippen LogP contribution in [0.3, 0.4) is 0 Å². The molecule has 8 heavy (non-hydrogen) atoms. The van der Waals surface area contributed by atoms with E-state index in [0.29, 0.717) is 6.08 Å². The molecule has 0 saturated heterocycles. The number of hydrogen-bond acceptors (Lipinski definition) is 1. The van der Waals surface area contributed by atoms with Crippen molar-refractivity contribution in [3.63, 3.8) is 0 Å². The number of ether oxygens (including phenoxy) is 1. The SMILES string of the molecule is FC1=CCOC1(F)F. The lowest BCUT2D eigenvalue weighted by atomic mass is 10.5. The van der Waals surface area contributed by atoms with Gasteiger partial charge in [0.2, 0.25) is 0 Å². The van der Waals surface area contributed by atoms with Crippen LogP contribution in [0.5, 0.6) is 0 Å². The first kappa shape index (κ1) is 5.62. The third kappa shape index (κ3) is 0.709. The van der Waals surface area contributed by atoms with Crippen LogP contribution in [0.15, 0.2) is 11.9 Å². The van der Waals surface area contributed by atoms with E-state index < -0.39 is 11.9 Å². The van der Waals surface area contributed by atoms with Crippen LogP contribution in [0, 0.1) is 0 Å². The summed E-state index contributed by atoms with van der Waals surface area (Å²) in [5.41, 5.74) is 0. The quantitative estimate of drug-likeness (QED) is 0.475. The van der Waals surface area contributed by atoms with Crippen molar-refractivity contribution in [3.05, 3.63) is 11.9 Å². The molecule has 0 saturated carbocycles. The lowest BCUT2D eigenvalue weighted by Crippen LogP contribution is -2.15. The standard InChI is InChI=1S/C4H3F3O/c5-3-1-2-8-4(3,6)7/h1H,2H2. The van der Waals surface area contributed by atoms with E-state index >= 15 is 0 Å². The van der Waals surface area contributed by atoms with Gasteiger partial charge in [-0.2, -0.15) is 8.78 Å². The van der Waals surface area contributed by atoms with Crippen LogP contribution in [0.2, 0.25) is 0 Å². The van der Waals surface area contributed by atoms with Gasteiger partial charge in [-0.25, -0.2) is 4.39 Å². The summed E-state index contributed by atoms with van der Waals surface area (Å²) in [5.74, 6) is -1.49. The van der Waals surface area contributed by atoms with Gasteiger partial charge in [-0.05, 0) is 6.08 Å².